The second-order valence-corrected chi connectivity index (χ2v) is 6.18. The molecule has 8 nitrogen and oxygen atoms in total. The lowest BCUT2D eigenvalue weighted by Gasteiger charge is -2.07. The fourth-order valence-corrected chi connectivity index (χ4v) is 2.77. The lowest BCUT2D eigenvalue weighted by molar-refractivity contribution is -0.119. The number of benzene rings is 1. The minimum atomic E-state index is -0.774. The van der Waals surface area contributed by atoms with Gasteiger partial charge in [0.15, 0.2) is 6.61 Å². The van der Waals surface area contributed by atoms with Crippen LogP contribution in [-0.4, -0.2) is 36.0 Å². The number of nitrogens with zero attached hydrogens (tertiary/aromatic N) is 1. The Morgan fingerprint density at radius 1 is 1.21 bits per heavy atom. The van der Waals surface area contributed by atoms with Gasteiger partial charge in [0.05, 0.1) is 22.8 Å². The Morgan fingerprint density at radius 2 is 1.93 bits per heavy atom. The molecule has 2 rings (SSSR count). The normalized spacial score (nSPS) is 10.1. The van der Waals surface area contributed by atoms with Crippen LogP contribution in [0.3, 0.4) is 0 Å². The van der Waals surface area contributed by atoms with Crippen molar-refractivity contribution in [3.8, 4) is 6.07 Å². The zero-order chi connectivity index (χ0) is 20.8. The van der Waals surface area contributed by atoms with Gasteiger partial charge in [0.1, 0.15) is 11.8 Å². The van der Waals surface area contributed by atoms with E-state index in [1.807, 2.05) is 6.07 Å². The maximum absolute atomic E-state index is 12.3. The summed E-state index contributed by atoms with van der Waals surface area (Å²) in [4.78, 5) is 39.0. The first-order valence-corrected chi connectivity index (χ1v) is 8.69. The summed E-state index contributed by atoms with van der Waals surface area (Å²) >= 11 is 5.90. The van der Waals surface area contributed by atoms with E-state index in [0.29, 0.717) is 16.9 Å². The van der Waals surface area contributed by atoms with E-state index >= 15 is 0 Å². The van der Waals surface area contributed by atoms with Gasteiger partial charge >= 0.3 is 11.9 Å². The number of aromatic nitrogens is 1. The Morgan fingerprint density at radius 3 is 2.54 bits per heavy atom. The predicted molar refractivity (Wildman–Crippen MR) is 101 cm³/mol. The van der Waals surface area contributed by atoms with Crippen molar-refractivity contribution in [3.63, 3.8) is 0 Å². The molecule has 28 heavy (non-hydrogen) atoms. The van der Waals surface area contributed by atoms with Gasteiger partial charge in [-0.2, -0.15) is 5.26 Å². The van der Waals surface area contributed by atoms with Crippen molar-refractivity contribution in [2.45, 2.75) is 20.8 Å². The lowest BCUT2D eigenvalue weighted by atomic mass is 10.1. The maximum Gasteiger partial charge on any atom is 0.355 e. The number of aryl methyl sites for hydroxylation is 1. The van der Waals surface area contributed by atoms with Crippen molar-refractivity contribution in [2.24, 2.45) is 0 Å². The zero-order valence-corrected chi connectivity index (χ0v) is 16.3. The van der Waals surface area contributed by atoms with Gasteiger partial charge in [0.25, 0.3) is 5.91 Å². The fourth-order valence-electron chi connectivity index (χ4n) is 2.55. The number of ether oxygens (including phenoxy) is 2. The van der Waals surface area contributed by atoms with Gasteiger partial charge in [0, 0.05) is 11.4 Å². The Hall–Kier alpha value is -3.31. The highest BCUT2D eigenvalue weighted by atomic mass is 35.5. The van der Waals surface area contributed by atoms with Crippen molar-refractivity contribution >= 4 is 35.1 Å². The molecule has 0 atom stereocenters. The molecule has 9 heteroatoms. The number of nitriles is 1. The highest BCUT2D eigenvalue weighted by molar-refractivity contribution is 6.32. The van der Waals surface area contributed by atoms with E-state index in [4.69, 9.17) is 26.3 Å². The van der Waals surface area contributed by atoms with Gasteiger partial charge < -0.3 is 19.8 Å². The Labute approximate surface area is 166 Å². The first-order chi connectivity index (χ1) is 13.3. The van der Waals surface area contributed by atoms with E-state index in [0.717, 1.165) is 0 Å². The number of nitrogens with one attached hydrogen (secondary N) is 2. The Bertz CT molecular complexity index is 975. The molecule has 1 heterocycles. The summed E-state index contributed by atoms with van der Waals surface area (Å²) in [5.74, 6) is -1.90. The van der Waals surface area contributed by atoms with Crippen LogP contribution < -0.4 is 5.32 Å². The van der Waals surface area contributed by atoms with Crippen molar-refractivity contribution in [3.05, 3.63) is 51.3 Å². The third-order valence-electron chi connectivity index (χ3n) is 3.83. The average Bonchev–Trinajstić information content (AvgIpc) is 2.94. The SMILES string of the molecule is CCOC(=O)c1c(C)[nH]c(C(=O)OCC(=O)Nc2ccc(C#N)c(Cl)c2)c1C. The van der Waals surface area contributed by atoms with E-state index in [-0.39, 0.29) is 28.5 Å². The number of aromatic amines is 1. The molecule has 0 radical (unpaired) electrons. The molecule has 2 N–H and O–H groups in total. The van der Waals surface area contributed by atoms with Gasteiger partial charge in [0.2, 0.25) is 0 Å². The van der Waals surface area contributed by atoms with Gasteiger partial charge in [-0.1, -0.05) is 11.6 Å². The summed E-state index contributed by atoms with van der Waals surface area (Å²) < 4.78 is 9.97. The van der Waals surface area contributed by atoms with Gasteiger partial charge in [-0.3, -0.25) is 4.79 Å². The largest absolute Gasteiger partial charge is 0.462 e. The molecule has 0 aliphatic carbocycles. The second kappa shape index (κ2) is 9.06. The number of rotatable bonds is 6. The van der Waals surface area contributed by atoms with Crippen LogP contribution in [0.25, 0.3) is 0 Å². The highest BCUT2D eigenvalue weighted by Gasteiger charge is 2.24. The quantitative estimate of drug-likeness (QED) is 0.714. The van der Waals surface area contributed by atoms with Gasteiger partial charge in [-0.15, -0.1) is 0 Å². The summed E-state index contributed by atoms with van der Waals surface area (Å²) in [6, 6.07) is 6.30. The first kappa shape index (κ1) is 21.0. The monoisotopic (exact) mass is 403 g/mol. The predicted octanol–water partition coefficient (Wildman–Crippen LogP) is 3.13. The van der Waals surface area contributed by atoms with E-state index < -0.39 is 24.5 Å². The summed E-state index contributed by atoms with van der Waals surface area (Å²) in [5, 5.41) is 11.5. The number of carbonyl (C=O) groups excluding carboxylic acids is 3. The standard InChI is InChI=1S/C19H18ClN3O5/c1-4-27-18(25)16-10(2)17(22-11(16)3)19(26)28-9-15(24)23-13-6-5-12(8-21)14(20)7-13/h5-7,22H,4,9H2,1-3H3,(H,23,24). The first-order valence-electron chi connectivity index (χ1n) is 8.31. The molecule has 0 bridgehead atoms. The molecule has 146 valence electrons. The molecule has 0 aliphatic rings. The van der Waals surface area contributed by atoms with Crippen molar-refractivity contribution in [1.82, 2.24) is 4.98 Å². The van der Waals surface area contributed by atoms with Gasteiger partial charge in [-0.25, -0.2) is 9.59 Å². The molecule has 0 aliphatic heterocycles. The number of hydrogen-bond donors (Lipinski definition) is 2. The van der Waals surface area contributed by atoms with Crippen LogP contribution in [0.15, 0.2) is 18.2 Å². The molecule has 0 saturated carbocycles. The maximum atomic E-state index is 12.3. The third kappa shape index (κ3) is 4.69. The number of esters is 2. The third-order valence-corrected chi connectivity index (χ3v) is 4.14. The zero-order valence-electron chi connectivity index (χ0n) is 15.5. The smallest absolute Gasteiger partial charge is 0.355 e. The number of amides is 1. The highest BCUT2D eigenvalue weighted by Crippen LogP contribution is 2.21. The number of H-pyrrole nitrogens is 1. The summed E-state index contributed by atoms with van der Waals surface area (Å²) in [6.45, 7) is 4.58. The van der Waals surface area contributed by atoms with E-state index in [1.165, 1.54) is 18.2 Å². The molecule has 1 amide bonds. The topological polar surface area (TPSA) is 121 Å². The van der Waals surface area contributed by atoms with Crippen molar-refractivity contribution < 1.29 is 23.9 Å². The van der Waals surface area contributed by atoms with Crippen LogP contribution in [0.1, 0.15) is 44.6 Å². The minimum Gasteiger partial charge on any atom is -0.462 e. The summed E-state index contributed by atoms with van der Waals surface area (Å²) in [5.41, 5.74) is 1.85. The van der Waals surface area contributed by atoms with Crippen molar-refractivity contribution in [1.29, 1.82) is 5.26 Å². The van der Waals surface area contributed by atoms with Crippen LogP contribution in [-0.2, 0) is 14.3 Å². The molecule has 1 aromatic heterocycles. The second-order valence-electron chi connectivity index (χ2n) is 5.78. The van der Waals surface area contributed by atoms with Crippen LogP contribution in [0, 0.1) is 25.2 Å². The van der Waals surface area contributed by atoms with Crippen LogP contribution in [0.5, 0.6) is 0 Å². The van der Waals surface area contributed by atoms with E-state index in [1.54, 1.807) is 20.8 Å². The molecule has 2 aromatic rings. The molecule has 0 saturated heterocycles. The van der Waals surface area contributed by atoms with E-state index in [2.05, 4.69) is 10.3 Å². The Kier molecular flexibility index (Phi) is 6.79. The van der Waals surface area contributed by atoms with Crippen LogP contribution >= 0.6 is 11.6 Å². The molecule has 0 unspecified atom stereocenters. The lowest BCUT2D eigenvalue weighted by Crippen LogP contribution is -2.21. The summed E-state index contributed by atoms with van der Waals surface area (Å²) in [7, 11) is 0. The molecule has 0 fully saturated rings. The van der Waals surface area contributed by atoms with Crippen LogP contribution in [0.2, 0.25) is 5.02 Å². The van der Waals surface area contributed by atoms with Gasteiger partial charge in [-0.05, 0) is 44.5 Å². The molecule has 0 spiro atoms. The number of anilines is 1. The Balaban J connectivity index is 2.01. The van der Waals surface area contributed by atoms with E-state index in [9.17, 15) is 14.4 Å². The van der Waals surface area contributed by atoms with Crippen LogP contribution in [0.4, 0.5) is 5.69 Å². The fraction of sp³-hybridized carbons (Fsp3) is 0.263. The number of hydrogen-bond acceptors (Lipinski definition) is 6. The number of halogens is 1. The molecular weight excluding hydrogens is 386 g/mol. The average molecular weight is 404 g/mol. The minimum absolute atomic E-state index is 0.0785. The number of carbonyl (C=O) groups is 3. The molecular formula is C19H18ClN3O5. The summed E-state index contributed by atoms with van der Waals surface area (Å²) in [6.07, 6.45) is 0. The molecule has 1 aromatic carbocycles. The van der Waals surface area contributed by atoms with Crippen molar-refractivity contribution in [2.75, 3.05) is 18.5 Å².